The highest BCUT2D eigenvalue weighted by atomic mass is 32.2. The van der Waals surface area contributed by atoms with Gasteiger partial charge in [0, 0.05) is 28.8 Å². The number of aromatic nitrogens is 3. The number of hydrogen-bond donors (Lipinski definition) is 2. The Morgan fingerprint density at radius 2 is 1.76 bits per heavy atom. The first-order valence-corrected chi connectivity index (χ1v) is 13.5. The Bertz CT molecular complexity index is 1750. The number of sulfonamides is 1. The van der Waals surface area contributed by atoms with E-state index in [1.54, 1.807) is 23.7 Å². The number of amides is 1. The average Bonchev–Trinajstić information content (AvgIpc) is 3.39. The lowest BCUT2D eigenvalue weighted by atomic mass is 10.1. The maximum absolute atomic E-state index is 13.4. The number of anilines is 2. The van der Waals surface area contributed by atoms with Crippen LogP contribution in [-0.4, -0.2) is 28.9 Å². The van der Waals surface area contributed by atoms with E-state index in [4.69, 9.17) is 0 Å². The number of carbonyl (C=O) groups is 1. The van der Waals surface area contributed by atoms with Gasteiger partial charge in [-0.15, -0.1) is 11.3 Å². The molecule has 0 aliphatic carbocycles. The van der Waals surface area contributed by atoms with Crippen molar-refractivity contribution in [3.63, 3.8) is 0 Å². The first kappa shape index (κ1) is 24.3. The van der Waals surface area contributed by atoms with Crippen LogP contribution < -0.4 is 15.6 Å². The zero-order valence-electron chi connectivity index (χ0n) is 19.6. The number of nitrogens with zero attached hydrogens (tertiary/aromatic N) is 3. The van der Waals surface area contributed by atoms with Crippen LogP contribution in [0.1, 0.15) is 21.5 Å². The summed E-state index contributed by atoms with van der Waals surface area (Å²) in [4.78, 5) is 34.8. The van der Waals surface area contributed by atoms with Gasteiger partial charge in [0.1, 0.15) is 11.2 Å². The van der Waals surface area contributed by atoms with E-state index in [1.807, 2.05) is 31.2 Å². The summed E-state index contributed by atoms with van der Waals surface area (Å²) in [7, 11) is -3.82. The molecule has 9 nitrogen and oxygen atoms in total. The first-order valence-electron chi connectivity index (χ1n) is 11.2. The van der Waals surface area contributed by atoms with E-state index < -0.39 is 21.5 Å². The number of pyridine rings is 2. The number of fused-ring (bicyclic) bond motifs is 1. The maximum atomic E-state index is 13.4. The van der Waals surface area contributed by atoms with E-state index in [0.717, 1.165) is 22.5 Å². The van der Waals surface area contributed by atoms with E-state index in [9.17, 15) is 18.0 Å². The third-order valence-electron chi connectivity index (χ3n) is 5.63. The molecule has 0 saturated carbocycles. The van der Waals surface area contributed by atoms with Crippen molar-refractivity contribution in [1.82, 2.24) is 14.5 Å². The molecule has 0 fully saturated rings. The minimum absolute atomic E-state index is 0.0120. The number of aryl methyl sites for hydroxylation is 1. The van der Waals surface area contributed by atoms with Gasteiger partial charge in [0.2, 0.25) is 0 Å². The molecular formula is C26H21N5O4S2. The fourth-order valence-corrected chi connectivity index (χ4v) is 5.54. The second kappa shape index (κ2) is 9.96. The summed E-state index contributed by atoms with van der Waals surface area (Å²) in [5.74, 6) is -0.607. The summed E-state index contributed by atoms with van der Waals surface area (Å²) < 4.78 is 29.0. The summed E-state index contributed by atoms with van der Waals surface area (Å²) in [5, 5.41) is 5.25. The zero-order chi connectivity index (χ0) is 26.0. The smallest absolute Gasteiger partial charge is 0.265 e. The van der Waals surface area contributed by atoms with Crippen LogP contribution in [0.2, 0.25) is 0 Å². The summed E-state index contributed by atoms with van der Waals surface area (Å²) >= 11 is 1.16. The number of benzene rings is 2. The number of thiazole rings is 1. The number of nitrogens with one attached hydrogen (secondary N) is 2. The van der Waals surface area contributed by atoms with E-state index in [0.29, 0.717) is 16.7 Å². The molecular weight excluding hydrogens is 510 g/mol. The van der Waals surface area contributed by atoms with Crippen molar-refractivity contribution in [1.29, 1.82) is 0 Å². The van der Waals surface area contributed by atoms with Crippen molar-refractivity contribution in [2.45, 2.75) is 18.4 Å². The van der Waals surface area contributed by atoms with Gasteiger partial charge in [0.05, 0.1) is 11.4 Å². The molecule has 0 spiro atoms. The summed E-state index contributed by atoms with van der Waals surface area (Å²) in [6.07, 6.45) is 3.10. The van der Waals surface area contributed by atoms with Gasteiger partial charge in [-0.2, -0.15) is 0 Å². The van der Waals surface area contributed by atoms with Gasteiger partial charge in [-0.05, 0) is 55.0 Å². The summed E-state index contributed by atoms with van der Waals surface area (Å²) in [6.45, 7) is 2.24. The molecule has 5 aromatic rings. The molecule has 3 heterocycles. The molecule has 37 heavy (non-hydrogen) atoms. The Morgan fingerprint density at radius 1 is 1.00 bits per heavy atom. The van der Waals surface area contributed by atoms with Crippen molar-refractivity contribution < 1.29 is 13.2 Å². The molecule has 0 radical (unpaired) electrons. The van der Waals surface area contributed by atoms with Crippen LogP contribution in [0.25, 0.3) is 11.0 Å². The van der Waals surface area contributed by atoms with Crippen LogP contribution >= 0.6 is 11.3 Å². The largest absolute Gasteiger partial charge is 0.322 e. The van der Waals surface area contributed by atoms with Crippen molar-refractivity contribution >= 4 is 49.1 Å². The Morgan fingerprint density at radius 3 is 2.46 bits per heavy atom. The topological polar surface area (TPSA) is 123 Å². The predicted molar refractivity (Wildman–Crippen MR) is 144 cm³/mol. The van der Waals surface area contributed by atoms with Crippen LogP contribution in [0, 0.1) is 6.92 Å². The maximum Gasteiger partial charge on any atom is 0.265 e. The fourth-order valence-electron chi connectivity index (χ4n) is 3.76. The minimum Gasteiger partial charge on any atom is -0.322 e. The van der Waals surface area contributed by atoms with Gasteiger partial charge in [-0.1, -0.05) is 29.8 Å². The molecule has 0 bridgehead atoms. The predicted octanol–water partition coefficient (Wildman–Crippen LogP) is 4.26. The van der Waals surface area contributed by atoms with E-state index >= 15 is 0 Å². The summed E-state index contributed by atoms with van der Waals surface area (Å²) in [5.41, 5.74) is 2.30. The lowest BCUT2D eigenvalue weighted by Gasteiger charge is -2.13. The Kier molecular flexibility index (Phi) is 6.55. The van der Waals surface area contributed by atoms with E-state index in [1.165, 1.54) is 41.1 Å². The van der Waals surface area contributed by atoms with Gasteiger partial charge >= 0.3 is 0 Å². The number of hydrogen-bond acceptors (Lipinski definition) is 7. The Balaban J connectivity index is 1.42. The van der Waals surface area contributed by atoms with Crippen LogP contribution in [0.4, 0.5) is 10.8 Å². The normalized spacial score (nSPS) is 11.4. The van der Waals surface area contributed by atoms with E-state index in [2.05, 4.69) is 20.0 Å². The minimum atomic E-state index is -3.82. The molecule has 2 aromatic carbocycles. The molecule has 0 atom stereocenters. The van der Waals surface area contributed by atoms with Gasteiger partial charge < -0.3 is 5.32 Å². The van der Waals surface area contributed by atoms with Crippen LogP contribution in [0.15, 0.2) is 94.2 Å². The van der Waals surface area contributed by atoms with E-state index in [-0.39, 0.29) is 22.1 Å². The first-order chi connectivity index (χ1) is 17.8. The SMILES string of the molecule is Cc1ccc(Cn2c(=O)c(C(=O)Nc3ccc(S(=O)(=O)Nc4nccs4)cc3)cc3cccnc32)cc1. The Hall–Kier alpha value is -4.35. The van der Waals surface area contributed by atoms with Gasteiger partial charge in [-0.3, -0.25) is 18.9 Å². The van der Waals surface area contributed by atoms with Crippen molar-refractivity contribution in [2.24, 2.45) is 0 Å². The van der Waals surface area contributed by atoms with Crippen LogP contribution in [0.3, 0.4) is 0 Å². The van der Waals surface area contributed by atoms with Crippen LogP contribution in [-0.2, 0) is 16.6 Å². The Labute approximate surface area is 216 Å². The number of carbonyl (C=O) groups excluding carboxylic acids is 1. The molecule has 3 aromatic heterocycles. The second-order valence-electron chi connectivity index (χ2n) is 8.27. The molecule has 11 heteroatoms. The highest BCUT2D eigenvalue weighted by Crippen LogP contribution is 2.20. The quantitative estimate of drug-likeness (QED) is 0.323. The van der Waals surface area contributed by atoms with Crippen LogP contribution in [0.5, 0.6) is 0 Å². The second-order valence-corrected chi connectivity index (χ2v) is 10.8. The molecule has 2 N–H and O–H groups in total. The third kappa shape index (κ3) is 5.27. The standard InChI is InChI=1S/C26H21N5O4S2/c1-17-4-6-18(7-5-17)16-31-23-19(3-2-12-27-23)15-22(25(31)33)24(32)29-20-8-10-21(11-9-20)37(34,35)30-26-28-13-14-36-26/h2-15H,16H2,1H3,(H,28,30)(H,29,32). The van der Waals surface area contributed by atoms with Crippen molar-refractivity contribution in [3.8, 4) is 0 Å². The molecule has 0 saturated heterocycles. The monoisotopic (exact) mass is 531 g/mol. The molecule has 5 rings (SSSR count). The lowest BCUT2D eigenvalue weighted by Crippen LogP contribution is -2.30. The van der Waals surface area contributed by atoms with Gasteiger partial charge in [-0.25, -0.2) is 18.4 Å². The summed E-state index contributed by atoms with van der Waals surface area (Å²) in [6, 6.07) is 18.5. The molecule has 0 unspecified atom stereocenters. The molecule has 186 valence electrons. The van der Waals surface area contributed by atoms with Crippen molar-refractivity contribution in [3.05, 3.63) is 112 Å². The highest BCUT2D eigenvalue weighted by molar-refractivity contribution is 7.93. The zero-order valence-corrected chi connectivity index (χ0v) is 21.2. The third-order valence-corrected chi connectivity index (χ3v) is 7.80. The van der Waals surface area contributed by atoms with Crippen molar-refractivity contribution in [2.75, 3.05) is 10.0 Å². The molecule has 1 amide bonds. The highest BCUT2D eigenvalue weighted by Gasteiger charge is 2.19. The number of rotatable bonds is 7. The lowest BCUT2D eigenvalue weighted by molar-refractivity contribution is 0.102. The molecule has 0 aliphatic rings. The van der Waals surface area contributed by atoms with Gasteiger partial charge in [0.15, 0.2) is 5.13 Å². The average molecular weight is 532 g/mol. The molecule has 0 aliphatic heterocycles. The fraction of sp³-hybridized carbons (Fsp3) is 0.0769. The van der Waals surface area contributed by atoms with Gasteiger partial charge in [0.25, 0.3) is 21.5 Å².